The Morgan fingerprint density at radius 1 is 1.09 bits per heavy atom. The first-order valence-electron chi connectivity index (χ1n) is 1.52. The zero-order valence-electron chi connectivity index (χ0n) is 7.38. The molecule has 64 valence electrons. The molecule has 0 saturated heterocycles. The second-order valence-corrected chi connectivity index (χ2v) is 0.492. The fourth-order valence-electron chi connectivity index (χ4n) is 0. The Bertz CT molecular complexity index is 51.1. The van der Waals surface area contributed by atoms with E-state index in [2.05, 4.69) is 4.74 Å². The molecule has 0 spiro atoms. The Morgan fingerprint density at radius 2 is 1.18 bits per heavy atom. The van der Waals surface area contributed by atoms with Crippen LogP contribution in [-0.2, 0) is 79.7 Å². The molecule has 0 aromatic heterocycles. The summed E-state index contributed by atoms with van der Waals surface area (Å²) in [4.78, 5) is 17.5. The zero-order valence-corrected chi connectivity index (χ0v) is 13.1. The van der Waals surface area contributed by atoms with Crippen LogP contribution in [0.25, 0.3) is 0 Å². The van der Waals surface area contributed by atoms with Gasteiger partial charge in [-0.05, 0) is 0 Å². The maximum absolute atomic E-state index is 8.83. The molecule has 0 aliphatic rings. The van der Waals surface area contributed by atoms with Gasteiger partial charge in [-0.25, -0.2) is 0 Å². The second kappa shape index (κ2) is 64.3. The number of hydrogen-bond acceptors (Lipinski definition) is 3. The molecule has 0 saturated carbocycles. The van der Waals surface area contributed by atoms with Crippen molar-refractivity contribution in [2.24, 2.45) is 0 Å². The van der Waals surface area contributed by atoms with E-state index in [9.17, 15) is 0 Å². The quantitative estimate of drug-likeness (QED) is 0.670. The summed E-state index contributed by atoms with van der Waals surface area (Å²) in [5.41, 5.74) is 0. The standard InChI is InChI=1S/C2H3O2.C2H3O.2CH3.2Y/c1-4-2-3;1-2-3;;;;/h1H3;1H3;2*1H3;;/q4*-1;;. The van der Waals surface area contributed by atoms with Gasteiger partial charge in [-0.15, -0.1) is 0 Å². The topological polar surface area (TPSA) is 43.4 Å². The van der Waals surface area contributed by atoms with E-state index in [4.69, 9.17) is 9.59 Å². The average Bonchev–Trinajstić information content (AvgIpc) is 1.69. The van der Waals surface area contributed by atoms with Crippen LogP contribution < -0.4 is 0 Å². The predicted molar refractivity (Wildman–Crippen MR) is 36.9 cm³/mol. The molecule has 11 heavy (non-hydrogen) atoms. The average molecular weight is 310 g/mol. The molecule has 0 aromatic rings. The van der Waals surface area contributed by atoms with Gasteiger partial charge in [-0.2, -0.15) is 6.92 Å². The summed E-state index contributed by atoms with van der Waals surface area (Å²) in [5.74, 6) is 0. The van der Waals surface area contributed by atoms with E-state index in [1.807, 2.05) is 0 Å². The Kier molecular flexibility index (Phi) is 231. The van der Waals surface area contributed by atoms with Crippen LogP contribution in [0.2, 0.25) is 0 Å². The number of rotatable bonds is 1. The van der Waals surface area contributed by atoms with Gasteiger partial charge < -0.3 is 29.2 Å². The molecule has 0 rings (SSSR count). The van der Waals surface area contributed by atoms with Crippen LogP contribution in [-0.4, -0.2) is 19.9 Å². The fraction of sp³-hybridized carbons (Fsp3) is 0.333. The molecule has 3 nitrogen and oxygen atoms in total. The summed E-state index contributed by atoms with van der Waals surface area (Å²) in [5, 5.41) is 0. The Balaban J connectivity index is -0.00000000848. The molecule has 0 amide bonds. The molecule has 0 aliphatic carbocycles. The van der Waals surface area contributed by atoms with Crippen LogP contribution in [0.15, 0.2) is 0 Å². The SMILES string of the molecule is CO[C-]=O.C[C-]=O.[CH3-].[CH3-].[Y].[Y]. The maximum atomic E-state index is 8.83. The van der Waals surface area contributed by atoms with Gasteiger partial charge in [-0.3, -0.25) is 6.29 Å². The molecule has 5 heteroatoms. The van der Waals surface area contributed by atoms with Crippen molar-refractivity contribution >= 4 is 12.8 Å². The molecule has 0 aromatic carbocycles. The van der Waals surface area contributed by atoms with Gasteiger partial charge in [0.2, 0.25) is 0 Å². The normalized spacial score (nSPS) is 3.09. The smallest absolute Gasteiger partial charge is 0.0362 e. The third-order valence-electron chi connectivity index (χ3n) is 0.0833. The number of ether oxygens (including phenoxy) is 1. The van der Waals surface area contributed by atoms with Gasteiger partial charge in [0.15, 0.2) is 0 Å². The zero-order chi connectivity index (χ0) is 6.12. The predicted octanol–water partition coefficient (Wildman–Crippen LogP) is 0.712. The van der Waals surface area contributed by atoms with Crippen LogP contribution in [0.3, 0.4) is 0 Å². The minimum absolute atomic E-state index is 0. The van der Waals surface area contributed by atoms with Gasteiger partial charge in [0, 0.05) is 72.5 Å². The van der Waals surface area contributed by atoms with E-state index in [0.717, 1.165) is 0 Å². The van der Waals surface area contributed by atoms with Gasteiger partial charge in [0.05, 0.1) is 0 Å². The summed E-state index contributed by atoms with van der Waals surface area (Å²) in [6, 6.07) is 0. The van der Waals surface area contributed by atoms with Gasteiger partial charge in [-0.1, -0.05) is 6.47 Å². The largest absolute Gasteiger partial charge is 0.655 e. The van der Waals surface area contributed by atoms with E-state index < -0.39 is 0 Å². The van der Waals surface area contributed by atoms with Crippen molar-refractivity contribution in [3.05, 3.63) is 14.9 Å². The van der Waals surface area contributed by atoms with Gasteiger partial charge in [0.1, 0.15) is 0 Å². The van der Waals surface area contributed by atoms with Crippen LogP contribution in [0.1, 0.15) is 6.92 Å². The van der Waals surface area contributed by atoms with Crippen molar-refractivity contribution in [2.75, 3.05) is 7.11 Å². The Hall–Kier alpha value is 1.35. The minimum Gasteiger partial charge on any atom is -0.655 e. The molecular formula is C6H12O3Y2-4. The molecule has 0 unspecified atom stereocenters. The molecular weight excluding hydrogens is 298 g/mol. The van der Waals surface area contributed by atoms with E-state index >= 15 is 0 Å². The van der Waals surface area contributed by atoms with Crippen molar-refractivity contribution in [3.63, 3.8) is 0 Å². The summed E-state index contributed by atoms with van der Waals surface area (Å²) in [6.07, 6.45) is 1.50. The Labute approximate surface area is 120 Å². The molecule has 0 aliphatic heterocycles. The second-order valence-electron chi connectivity index (χ2n) is 0.492. The number of carbonyl (C=O) groups excluding carboxylic acids is 2. The van der Waals surface area contributed by atoms with Crippen molar-refractivity contribution in [1.29, 1.82) is 0 Å². The van der Waals surface area contributed by atoms with Crippen molar-refractivity contribution in [1.82, 2.24) is 0 Å². The van der Waals surface area contributed by atoms with Crippen LogP contribution >= 0.6 is 0 Å². The minimum atomic E-state index is 0. The van der Waals surface area contributed by atoms with Gasteiger partial charge >= 0.3 is 0 Å². The Morgan fingerprint density at radius 3 is 1.18 bits per heavy atom. The van der Waals surface area contributed by atoms with Crippen LogP contribution in [0.5, 0.6) is 0 Å². The first-order valence-corrected chi connectivity index (χ1v) is 1.52. The molecule has 0 heterocycles. The molecule has 0 bridgehead atoms. The number of hydrogen-bond donors (Lipinski definition) is 0. The summed E-state index contributed by atoms with van der Waals surface area (Å²) in [6.45, 7) is 2.50. The van der Waals surface area contributed by atoms with E-state index in [-0.39, 0.29) is 80.3 Å². The van der Waals surface area contributed by atoms with Crippen molar-refractivity contribution in [3.8, 4) is 0 Å². The monoisotopic (exact) mass is 310 g/mol. The third kappa shape index (κ3) is 180. The van der Waals surface area contributed by atoms with Crippen LogP contribution in [0, 0.1) is 14.9 Å². The van der Waals surface area contributed by atoms with E-state index in [1.165, 1.54) is 26.8 Å². The first-order chi connectivity index (χ1) is 3.33. The summed E-state index contributed by atoms with van der Waals surface area (Å²) in [7, 11) is 1.26. The van der Waals surface area contributed by atoms with E-state index in [0.29, 0.717) is 0 Å². The van der Waals surface area contributed by atoms with Crippen molar-refractivity contribution in [2.45, 2.75) is 6.92 Å². The maximum Gasteiger partial charge on any atom is 0.0362 e. The molecule has 0 N–H and O–H groups in total. The van der Waals surface area contributed by atoms with Gasteiger partial charge in [0.25, 0.3) is 0 Å². The molecule has 0 atom stereocenters. The first kappa shape index (κ1) is 39.5. The summed E-state index contributed by atoms with van der Waals surface area (Å²) < 4.78 is 3.74. The summed E-state index contributed by atoms with van der Waals surface area (Å²) >= 11 is 0. The van der Waals surface area contributed by atoms with Crippen LogP contribution in [0.4, 0.5) is 0 Å². The molecule has 2 radical (unpaired) electrons. The van der Waals surface area contributed by atoms with E-state index in [1.54, 1.807) is 0 Å². The molecule has 0 fully saturated rings. The fourth-order valence-corrected chi connectivity index (χ4v) is 0. The third-order valence-corrected chi connectivity index (χ3v) is 0.0833. The van der Waals surface area contributed by atoms with Crippen molar-refractivity contribution < 1.29 is 79.7 Å². The number of methoxy groups -OCH3 is 1.